The largest absolute Gasteiger partial charge is 0.491 e. The molecule has 0 aliphatic carbocycles. The molecule has 1 unspecified atom stereocenters. The van der Waals surface area contributed by atoms with E-state index < -0.39 is 0 Å². The van der Waals surface area contributed by atoms with Crippen LogP contribution in [-0.4, -0.2) is 30.3 Å². The topological polar surface area (TPSA) is 21.7 Å². The van der Waals surface area contributed by atoms with Gasteiger partial charge in [-0.25, -0.2) is 0 Å². The Kier molecular flexibility index (Phi) is 6.30. The Morgan fingerprint density at radius 2 is 2.08 bits per heavy atom. The van der Waals surface area contributed by atoms with Crippen LogP contribution in [0.1, 0.15) is 37.1 Å². The fraction of sp³-hybridized carbons (Fsp3) is 0.500. The highest BCUT2D eigenvalue weighted by molar-refractivity contribution is 7.09. The Bertz CT molecular complexity index is 606. The Labute approximate surface area is 149 Å². The van der Waals surface area contributed by atoms with Crippen molar-refractivity contribution in [3.8, 4) is 5.75 Å². The van der Waals surface area contributed by atoms with Gasteiger partial charge in [0, 0.05) is 36.7 Å². The Hall–Kier alpha value is -1.36. The Balaban J connectivity index is 1.72. The number of thiophene rings is 1. The number of rotatable bonds is 8. The number of hydrogen-bond acceptors (Lipinski definition) is 4. The molecular weight excluding hydrogens is 318 g/mol. The number of ether oxygens (including phenoxy) is 2. The van der Waals surface area contributed by atoms with Crippen molar-refractivity contribution < 1.29 is 9.47 Å². The third kappa shape index (κ3) is 5.07. The minimum Gasteiger partial charge on any atom is -0.491 e. The molecule has 1 aliphatic rings. The van der Waals surface area contributed by atoms with E-state index in [1.165, 1.54) is 23.3 Å². The van der Waals surface area contributed by atoms with Crippen LogP contribution in [0.25, 0.3) is 0 Å². The van der Waals surface area contributed by atoms with Gasteiger partial charge >= 0.3 is 0 Å². The molecule has 0 amide bonds. The lowest BCUT2D eigenvalue weighted by atomic mass is 10.1. The summed E-state index contributed by atoms with van der Waals surface area (Å²) in [5.74, 6) is 0.996. The van der Waals surface area contributed by atoms with Gasteiger partial charge in [-0.05, 0) is 44.2 Å². The van der Waals surface area contributed by atoms with Gasteiger partial charge in [-0.1, -0.05) is 24.3 Å². The summed E-state index contributed by atoms with van der Waals surface area (Å²) in [6.45, 7) is 7.89. The molecule has 3 rings (SSSR count). The first-order valence-electron chi connectivity index (χ1n) is 8.81. The third-order valence-corrected chi connectivity index (χ3v) is 5.04. The molecule has 0 bridgehead atoms. The molecule has 4 heteroatoms. The lowest BCUT2D eigenvalue weighted by Gasteiger charge is -2.26. The Morgan fingerprint density at radius 1 is 1.21 bits per heavy atom. The summed E-state index contributed by atoms with van der Waals surface area (Å²) in [5, 5.41) is 2.15. The minimum atomic E-state index is 0.190. The molecule has 24 heavy (non-hydrogen) atoms. The van der Waals surface area contributed by atoms with Crippen molar-refractivity contribution >= 4 is 11.3 Å². The van der Waals surface area contributed by atoms with Crippen LogP contribution >= 0.6 is 11.3 Å². The first-order valence-corrected chi connectivity index (χ1v) is 9.69. The molecule has 1 aliphatic heterocycles. The van der Waals surface area contributed by atoms with E-state index in [0.29, 0.717) is 6.10 Å². The lowest BCUT2D eigenvalue weighted by molar-refractivity contribution is 0.0677. The van der Waals surface area contributed by atoms with Gasteiger partial charge < -0.3 is 9.47 Å². The van der Waals surface area contributed by atoms with E-state index in [0.717, 1.165) is 32.0 Å². The van der Waals surface area contributed by atoms with Gasteiger partial charge in [0.05, 0.1) is 12.2 Å². The summed E-state index contributed by atoms with van der Waals surface area (Å²) >= 11 is 1.82. The molecule has 3 nitrogen and oxygen atoms in total. The van der Waals surface area contributed by atoms with Crippen LogP contribution in [0.3, 0.4) is 0 Å². The summed E-state index contributed by atoms with van der Waals surface area (Å²) in [7, 11) is 0. The molecule has 0 N–H and O–H groups in total. The van der Waals surface area contributed by atoms with Crippen LogP contribution in [-0.2, 0) is 17.8 Å². The summed E-state index contributed by atoms with van der Waals surface area (Å²) in [6, 6.07) is 12.7. The first kappa shape index (κ1) is 17.5. The van der Waals surface area contributed by atoms with Crippen molar-refractivity contribution in [2.45, 2.75) is 52.0 Å². The second-order valence-corrected chi connectivity index (χ2v) is 7.69. The molecule has 0 spiro atoms. The molecule has 1 saturated heterocycles. The minimum absolute atomic E-state index is 0.190. The van der Waals surface area contributed by atoms with Crippen LogP contribution in [0.5, 0.6) is 5.75 Å². The van der Waals surface area contributed by atoms with Gasteiger partial charge in [0.2, 0.25) is 0 Å². The fourth-order valence-corrected chi connectivity index (χ4v) is 3.87. The quantitative estimate of drug-likeness (QED) is 0.691. The average molecular weight is 346 g/mol. The van der Waals surface area contributed by atoms with E-state index in [1.807, 2.05) is 17.4 Å². The van der Waals surface area contributed by atoms with Crippen LogP contribution in [0.2, 0.25) is 0 Å². The van der Waals surface area contributed by atoms with Gasteiger partial charge in [0.15, 0.2) is 0 Å². The summed E-state index contributed by atoms with van der Waals surface area (Å²) < 4.78 is 11.9. The SMILES string of the molecule is CC(C)Oc1ccccc1CN(Cc1cccs1)CC1CCCO1. The van der Waals surface area contributed by atoms with E-state index in [9.17, 15) is 0 Å². The van der Waals surface area contributed by atoms with E-state index in [2.05, 4.69) is 54.5 Å². The molecule has 1 aromatic heterocycles. The average Bonchev–Trinajstić information content (AvgIpc) is 3.22. The molecule has 2 heterocycles. The van der Waals surface area contributed by atoms with E-state index in [4.69, 9.17) is 9.47 Å². The zero-order chi connectivity index (χ0) is 16.8. The summed E-state index contributed by atoms with van der Waals surface area (Å²) in [4.78, 5) is 3.89. The van der Waals surface area contributed by atoms with E-state index >= 15 is 0 Å². The lowest BCUT2D eigenvalue weighted by Crippen LogP contribution is -2.31. The highest BCUT2D eigenvalue weighted by Gasteiger charge is 2.20. The van der Waals surface area contributed by atoms with Gasteiger partial charge in [-0.15, -0.1) is 11.3 Å². The molecule has 0 saturated carbocycles. The molecule has 2 aromatic rings. The molecule has 1 atom stereocenters. The Morgan fingerprint density at radius 3 is 2.79 bits per heavy atom. The molecule has 1 aromatic carbocycles. The van der Waals surface area contributed by atoms with Gasteiger partial charge in [0.25, 0.3) is 0 Å². The number of benzene rings is 1. The molecular formula is C20H27NO2S. The third-order valence-electron chi connectivity index (χ3n) is 4.17. The number of para-hydroxylation sites is 1. The smallest absolute Gasteiger partial charge is 0.124 e. The van der Waals surface area contributed by atoms with E-state index in [-0.39, 0.29) is 6.10 Å². The second-order valence-electron chi connectivity index (χ2n) is 6.66. The van der Waals surface area contributed by atoms with Crippen LogP contribution in [0, 0.1) is 0 Å². The van der Waals surface area contributed by atoms with Crippen LogP contribution in [0.15, 0.2) is 41.8 Å². The number of nitrogens with zero attached hydrogens (tertiary/aromatic N) is 1. The van der Waals surface area contributed by atoms with Crippen molar-refractivity contribution in [3.05, 3.63) is 52.2 Å². The zero-order valence-electron chi connectivity index (χ0n) is 14.6. The van der Waals surface area contributed by atoms with Crippen LogP contribution in [0.4, 0.5) is 0 Å². The highest BCUT2D eigenvalue weighted by Crippen LogP contribution is 2.24. The first-order chi connectivity index (χ1) is 11.7. The summed E-state index contributed by atoms with van der Waals surface area (Å²) in [6.07, 6.45) is 2.91. The maximum Gasteiger partial charge on any atom is 0.124 e. The van der Waals surface area contributed by atoms with Crippen molar-refractivity contribution in [2.75, 3.05) is 13.2 Å². The number of hydrogen-bond donors (Lipinski definition) is 0. The van der Waals surface area contributed by atoms with Crippen molar-refractivity contribution in [2.24, 2.45) is 0 Å². The normalized spacial score (nSPS) is 17.8. The zero-order valence-corrected chi connectivity index (χ0v) is 15.4. The molecule has 1 fully saturated rings. The molecule has 0 radical (unpaired) electrons. The van der Waals surface area contributed by atoms with Crippen molar-refractivity contribution in [3.63, 3.8) is 0 Å². The van der Waals surface area contributed by atoms with Gasteiger partial charge in [-0.3, -0.25) is 4.90 Å². The van der Waals surface area contributed by atoms with Crippen molar-refractivity contribution in [1.29, 1.82) is 0 Å². The predicted molar refractivity (Wildman–Crippen MR) is 99.6 cm³/mol. The second kappa shape index (κ2) is 8.65. The fourth-order valence-electron chi connectivity index (χ4n) is 3.13. The summed E-state index contributed by atoms with van der Waals surface area (Å²) in [5.41, 5.74) is 1.25. The highest BCUT2D eigenvalue weighted by atomic mass is 32.1. The van der Waals surface area contributed by atoms with Gasteiger partial charge in [0.1, 0.15) is 5.75 Å². The maximum atomic E-state index is 6.00. The standard InChI is InChI=1S/C20H27NO2S/c1-16(2)23-20-10-4-3-7-17(20)13-21(14-18-8-5-11-22-18)15-19-9-6-12-24-19/h3-4,6-7,9-10,12,16,18H,5,8,11,13-15H2,1-2H3. The molecule has 130 valence electrons. The van der Waals surface area contributed by atoms with Gasteiger partial charge in [-0.2, -0.15) is 0 Å². The van der Waals surface area contributed by atoms with E-state index in [1.54, 1.807) is 0 Å². The van der Waals surface area contributed by atoms with Crippen molar-refractivity contribution in [1.82, 2.24) is 4.90 Å². The van der Waals surface area contributed by atoms with Crippen LogP contribution < -0.4 is 4.74 Å². The monoisotopic (exact) mass is 345 g/mol. The predicted octanol–water partition coefficient (Wildman–Crippen LogP) is 4.72. The maximum absolute atomic E-state index is 6.00.